The number of pyridine rings is 1. The molecule has 0 amide bonds. The van der Waals surface area contributed by atoms with Crippen molar-refractivity contribution in [1.29, 1.82) is 0 Å². The van der Waals surface area contributed by atoms with E-state index in [1.165, 1.54) is 16.7 Å². The maximum Gasteiger partial charge on any atom is 0.252 e. The quantitative estimate of drug-likeness (QED) is 0.142. The lowest BCUT2D eigenvalue weighted by Gasteiger charge is -2.47. The second-order valence-electron chi connectivity index (χ2n) is 36.4. The third kappa shape index (κ3) is 12.4. The molecule has 104 heavy (non-hydrogen) atoms. The summed E-state index contributed by atoms with van der Waals surface area (Å²) in [5.74, 6) is 0. The molecule has 522 valence electrons. The SMILES string of the molecule is [2H]c1c([2H])c([2H])c2c(c1[2H])c1c([2H])c([2H])c([2H])c([2H])c1n2-c1ccc2c(c1)N(c1c(-c3ccccc3)cc(C(C)(C)C)cc1-c1ccccc1)c1cc(C(C)(C)C)cc3c1B2c1ccc(-c2cc(C(C)(C)C)cc(C(C)(C)C)c2)cc1N3c1c(-c2ccccc2)cc(C(C)(C)C)cc1-c1cc(C(C)(C)C)nc(C(C)(C)C)c1. The summed E-state index contributed by atoms with van der Waals surface area (Å²) in [6, 6.07) is 68.8. The van der Waals surface area contributed by atoms with Gasteiger partial charge in [0.15, 0.2) is 0 Å². The fraction of sp³-hybridized carbons (Fsp3) is 0.283. The maximum absolute atomic E-state index is 9.89. The Morgan fingerprint density at radius 1 is 0.298 bits per heavy atom. The molecule has 0 unspecified atom stereocenters. The van der Waals surface area contributed by atoms with E-state index in [0.29, 0.717) is 5.69 Å². The molecule has 0 fully saturated rings. The molecular formula is C99H103BN4. The van der Waals surface area contributed by atoms with E-state index in [1.54, 1.807) is 4.57 Å². The van der Waals surface area contributed by atoms with Crippen LogP contribution < -0.4 is 26.2 Å². The van der Waals surface area contributed by atoms with E-state index in [9.17, 15) is 8.22 Å². The van der Waals surface area contributed by atoms with Gasteiger partial charge in [0, 0.05) is 83.7 Å². The molecule has 0 saturated carbocycles. The minimum Gasteiger partial charge on any atom is -0.310 e. The van der Waals surface area contributed by atoms with Crippen molar-refractivity contribution in [1.82, 2.24) is 9.55 Å². The molecule has 13 aromatic rings. The van der Waals surface area contributed by atoms with Gasteiger partial charge in [0.2, 0.25) is 0 Å². The van der Waals surface area contributed by atoms with E-state index in [4.69, 9.17) is 7.73 Å². The fourth-order valence-electron chi connectivity index (χ4n) is 15.4. The van der Waals surface area contributed by atoms with Gasteiger partial charge in [-0.1, -0.05) is 309 Å². The average molecular weight is 1370 g/mol. The van der Waals surface area contributed by atoms with Gasteiger partial charge in [-0.15, -0.1) is 0 Å². The van der Waals surface area contributed by atoms with Gasteiger partial charge in [-0.2, -0.15) is 0 Å². The molecule has 0 bridgehead atoms. The first-order valence-electron chi connectivity index (χ1n) is 41.1. The monoisotopic (exact) mass is 1370 g/mol. The second-order valence-corrected chi connectivity index (χ2v) is 36.4. The van der Waals surface area contributed by atoms with Crippen LogP contribution >= 0.6 is 0 Å². The van der Waals surface area contributed by atoms with Crippen LogP contribution in [0.15, 0.2) is 242 Å². The number of hydrogen-bond acceptors (Lipinski definition) is 3. The van der Waals surface area contributed by atoms with E-state index in [-0.39, 0.29) is 78.5 Å². The summed E-state index contributed by atoms with van der Waals surface area (Å²) >= 11 is 0. The van der Waals surface area contributed by atoms with Crippen molar-refractivity contribution in [3.05, 3.63) is 282 Å². The number of para-hydroxylation sites is 2. The van der Waals surface area contributed by atoms with Crippen LogP contribution in [0.5, 0.6) is 0 Å². The third-order valence-electron chi connectivity index (χ3n) is 21.5. The Balaban J connectivity index is 1.20. The van der Waals surface area contributed by atoms with Crippen molar-refractivity contribution in [2.45, 2.75) is 183 Å². The molecule has 0 aliphatic carbocycles. The molecular weight excluding hydrogens is 1260 g/mol. The molecule has 15 rings (SSSR count). The minimum atomic E-state index is -0.495. The van der Waals surface area contributed by atoms with Crippen molar-refractivity contribution < 1.29 is 11.0 Å². The first-order valence-corrected chi connectivity index (χ1v) is 37.1. The zero-order valence-corrected chi connectivity index (χ0v) is 64.8. The maximum atomic E-state index is 9.89. The highest BCUT2D eigenvalue weighted by molar-refractivity contribution is 7.00. The number of benzene rings is 11. The predicted molar refractivity (Wildman–Crippen MR) is 451 cm³/mol. The summed E-state index contributed by atoms with van der Waals surface area (Å²) in [5.41, 5.74) is 25.4. The largest absolute Gasteiger partial charge is 0.310 e. The Hall–Kier alpha value is -9.97. The summed E-state index contributed by atoms with van der Waals surface area (Å²) in [7, 11) is 0. The second kappa shape index (κ2) is 24.9. The molecule has 11 aromatic carbocycles. The van der Waals surface area contributed by atoms with Gasteiger partial charge in [0.25, 0.3) is 6.71 Å². The van der Waals surface area contributed by atoms with Crippen LogP contribution in [0.4, 0.5) is 34.1 Å². The molecule has 0 radical (unpaired) electrons. The number of nitrogens with zero attached hydrogens (tertiary/aromatic N) is 4. The molecule has 2 aliphatic rings. The molecule has 0 spiro atoms. The number of anilines is 6. The zero-order chi connectivity index (χ0) is 80.7. The Bertz CT molecular complexity index is 5830. The van der Waals surface area contributed by atoms with Crippen LogP contribution in [0, 0.1) is 0 Å². The molecule has 0 saturated heterocycles. The summed E-state index contributed by atoms with van der Waals surface area (Å²) in [6.07, 6.45) is 0. The fourth-order valence-corrected chi connectivity index (χ4v) is 15.4. The van der Waals surface area contributed by atoms with Gasteiger partial charge in [0.05, 0.1) is 33.4 Å². The van der Waals surface area contributed by atoms with E-state index in [2.05, 4.69) is 343 Å². The summed E-state index contributed by atoms with van der Waals surface area (Å²) in [4.78, 5) is 10.7. The Morgan fingerprint density at radius 3 is 1.05 bits per heavy atom. The molecule has 0 atom stereocenters. The zero-order valence-electron chi connectivity index (χ0n) is 72.8. The number of rotatable bonds is 8. The van der Waals surface area contributed by atoms with E-state index in [1.807, 2.05) is 6.07 Å². The molecule has 5 heteroatoms. The standard InChI is InChI=1S/C99H103BN4/c1-93(2,3)68-49-66(50-69(54-68)94(4,5)6)65-45-47-80-84(51-65)103(92-78(64-39-29-24-30-40-64)57-71(96(10,11)12)58-79(92)67-52-88(98(16,17)18)101-89(53-67)99(19,20)21)86-59-72(97(13,14)15)60-87-90(86)100(80)81-48-46-73(102-82-43-33-31-41-74(82)75-42-32-34-44-83(75)102)61-85(81)104(87)91-76(62-35-25-22-26-36-62)55-70(95(7,8)9)56-77(91)63-37-27-23-28-38-63/h22-61H,1-21H3/i31D,32D,33D,34D,41D,42D,43D,44D. The minimum absolute atomic E-state index is 0.0171. The number of fused-ring (bicyclic) bond motifs is 7. The highest BCUT2D eigenvalue weighted by Crippen LogP contribution is 2.56. The van der Waals surface area contributed by atoms with Crippen molar-refractivity contribution in [2.24, 2.45) is 0 Å². The highest BCUT2D eigenvalue weighted by Gasteiger charge is 2.47. The first-order chi connectivity index (χ1) is 52.3. The van der Waals surface area contributed by atoms with Gasteiger partial charge in [0.1, 0.15) is 0 Å². The Kier molecular flexibility index (Phi) is 14.5. The van der Waals surface area contributed by atoms with E-state index >= 15 is 0 Å². The van der Waals surface area contributed by atoms with Crippen molar-refractivity contribution >= 4 is 79.0 Å². The lowest BCUT2D eigenvalue weighted by atomic mass is 9.33. The van der Waals surface area contributed by atoms with Crippen molar-refractivity contribution in [3.8, 4) is 61.3 Å². The van der Waals surface area contributed by atoms with Gasteiger partial charge in [-0.25, -0.2) is 0 Å². The summed E-state index contributed by atoms with van der Waals surface area (Å²) < 4.78 is 77.6. The third-order valence-corrected chi connectivity index (χ3v) is 21.5. The highest BCUT2D eigenvalue weighted by atomic mass is 15.2. The lowest BCUT2D eigenvalue weighted by molar-refractivity contribution is 0.531. The predicted octanol–water partition coefficient (Wildman–Crippen LogP) is 25.7. The van der Waals surface area contributed by atoms with Gasteiger partial charge in [-0.3, -0.25) is 4.98 Å². The van der Waals surface area contributed by atoms with Crippen LogP contribution in [0.2, 0.25) is 0 Å². The topological polar surface area (TPSA) is 24.3 Å². The summed E-state index contributed by atoms with van der Waals surface area (Å²) in [5, 5.41) is 0.0341. The van der Waals surface area contributed by atoms with Crippen molar-refractivity contribution in [2.75, 3.05) is 9.80 Å². The van der Waals surface area contributed by atoms with E-state index < -0.39 is 36.3 Å². The van der Waals surface area contributed by atoms with E-state index in [0.717, 1.165) is 129 Å². The Labute approximate surface area is 632 Å². The molecule has 4 heterocycles. The van der Waals surface area contributed by atoms with Crippen molar-refractivity contribution in [3.63, 3.8) is 0 Å². The van der Waals surface area contributed by atoms with Crippen LogP contribution in [-0.4, -0.2) is 16.3 Å². The smallest absolute Gasteiger partial charge is 0.252 e. The average Bonchev–Trinajstić information content (AvgIpc) is 0.912. The molecule has 4 nitrogen and oxygen atoms in total. The number of aromatic nitrogens is 2. The van der Waals surface area contributed by atoms with Crippen LogP contribution in [0.25, 0.3) is 83.1 Å². The molecule has 0 N–H and O–H groups in total. The van der Waals surface area contributed by atoms with Gasteiger partial charge < -0.3 is 14.4 Å². The van der Waals surface area contributed by atoms with Gasteiger partial charge in [-0.05, 0) is 183 Å². The van der Waals surface area contributed by atoms with Crippen LogP contribution in [0.1, 0.15) is 196 Å². The molecule has 2 aromatic heterocycles. The lowest BCUT2D eigenvalue weighted by Crippen LogP contribution is -2.61. The van der Waals surface area contributed by atoms with Gasteiger partial charge >= 0.3 is 0 Å². The molecule has 2 aliphatic heterocycles. The van der Waals surface area contributed by atoms with Crippen LogP contribution in [-0.2, 0) is 37.9 Å². The number of hydrogen-bond donors (Lipinski definition) is 0. The first kappa shape index (κ1) is 60.5. The normalized spacial score (nSPS) is 14.6. The van der Waals surface area contributed by atoms with Crippen LogP contribution in [0.3, 0.4) is 0 Å². The summed E-state index contributed by atoms with van der Waals surface area (Å²) in [6.45, 7) is 47.6. The Morgan fingerprint density at radius 2 is 0.654 bits per heavy atom.